The molecule has 0 aromatic heterocycles. The van der Waals surface area contributed by atoms with E-state index in [4.69, 9.17) is 13.8 Å². The first kappa shape index (κ1) is 67.5. The quantitative estimate of drug-likeness (QED) is 0.0205. The first-order valence-corrected chi connectivity index (χ1v) is 30.3. The van der Waals surface area contributed by atoms with Crippen LogP contribution in [0.1, 0.15) is 245 Å². The summed E-state index contributed by atoms with van der Waals surface area (Å²) < 4.78 is 30.5. The normalized spacial score (nSPS) is 14.3. The number of phosphoric ester groups is 1. The SMILES string of the molecule is CC/C=C\C/C=C\C/C=C\C/C=C\C/C=C\CCCC(=O)OC(/C=C/CCCCCCCCCCC)C(COP(=O)(O)OCC[N+](C)(C)C)NC(=O)CCCCCCCCCCCCCCCCCC. The molecule has 0 rings (SSSR count). The molecule has 0 saturated heterocycles. The third-order valence-electron chi connectivity index (χ3n) is 12.4. The number of phosphoric acid groups is 1. The average Bonchev–Trinajstić information content (AvgIpc) is 3.32. The number of hydrogen-bond donors (Lipinski definition) is 2. The van der Waals surface area contributed by atoms with Gasteiger partial charge in [-0.25, -0.2) is 4.57 Å². The summed E-state index contributed by atoms with van der Waals surface area (Å²) in [5.41, 5.74) is 0. The molecule has 0 aromatic carbocycles. The Bertz CT molecular complexity index is 1430. The smallest absolute Gasteiger partial charge is 0.456 e. The van der Waals surface area contributed by atoms with Crippen molar-refractivity contribution in [1.82, 2.24) is 5.32 Å². The Morgan fingerprint density at radius 2 is 0.929 bits per heavy atom. The fourth-order valence-electron chi connectivity index (χ4n) is 7.98. The van der Waals surface area contributed by atoms with E-state index in [1.165, 1.54) is 128 Å². The zero-order chi connectivity index (χ0) is 51.5. The summed E-state index contributed by atoms with van der Waals surface area (Å²) in [5.74, 6) is -0.571. The summed E-state index contributed by atoms with van der Waals surface area (Å²) in [4.78, 5) is 37.5. The molecule has 0 bridgehead atoms. The van der Waals surface area contributed by atoms with E-state index in [9.17, 15) is 19.0 Å². The van der Waals surface area contributed by atoms with E-state index in [0.717, 1.165) is 77.0 Å². The van der Waals surface area contributed by atoms with Gasteiger partial charge in [-0.15, -0.1) is 0 Å². The van der Waals surface area contributed by atoms with Gasteiger partial charge in [-0.05, 0) is 70.3 Å². The van der Waals surface area contributed by atoms with Crippen LogP contribution < -0.4 is 5.32 Å². The van der Waals surface area contributed by atoms with Gasteiger partial charge in [0, 0.05) is 12.8 Å². The fraction of sp³-hybridized carbons (Fsp3) is 0.767. The molecular formula is C60H110N2O7P+. The lowest BCUT2D eigenvalue weighted by atomic mass is 10.0. The van der Waals surface area contributed by atoms with Crippen LogP contribution in [0.4, 0.5) is 0 Å². The van der Waals surface area contributed by atoms with Gasteiger partial charge in [0.05, 0.1) is 33.8 Å². The van der Waals surface area contributed by atoms with Crippen molar-refractivity contribution in [1.29, 1.82) is 0 Å². The van der Waals surface area contributed by atoms with E-state index in [0.29, 0.717) is 23.9 Å². The number of carbonyl (C=O) groups excluding carboxylic acids is 2. The van der Waals surface area contributed by atoms with Crippen molar-refractivity contribution in [2.24, 2.45) is 0 Å². The van der Waals surface area contributed by atoms with Crippen LogP contribution in [0.5, 0.6) is 0 Å². The van der Waals surface area contributed by atoms with Gasteiger partial charge < -0.3 is 19.4 Å². The molecule has 0 aliphatic carbocycles. The number of carbonyl (C=O) groups is 2. The van der Waals surface area contributed by atoms with Gasteiger partial charge >= 0.3 is 13.8 Å². The maximum absolute atomic E-state index is 13.5. The van der Waals surface area contributed by atoms with Gasteiger partial charge in [-0.1, -0.05) is 235 Å². The first-order chi connectivity index (χ1) is 33.9. The third kappa shape index (κ3) is 50.4. The number of likely N-dealkylation sites (N-methyl/N-ethyl adjacent to an activating group) is 1. The number of nitrogens with zero attached hydrogens (tertiary/aromatic N) is 1. The van der Waals surface area contributed by atoms with Gasteiger partial charge in [-0.3, -0.25) is 18.6 Å². The minimum atomic E-state index is -4.46. The average molecular weight is 1000 g/mol. The van der Waals surface area contributed by atoms with E-state index in [2.05, 4.69) is 86.8 Å². The number of rotatable bonds is 51. The van der Waals surface area contributed by atoms with Crippen molar-refractivity contribution >= 4 is 19.7 Å². The lowest BCUT2D eigenvalue weighted by Gasteiger charge is -2.27. The molecule has 406 valence electrons. The van der Waals surface area contributed by atoms with Crippen LogP contribution >= 0.6 is 7.82 Å². The predicted molar refractivity (Wildman–Crippen MR) is 300 cm³/mol. The lowest BCUT2D eigenvalue weighted by Crippen LogP contribution is -2.47. The van der Waals surface area contributed by atoms with Crippen LogP contribution in [0.25, 0.3) is 0 Å². The molecular weight excluding hydrogens is 892 g/mol. The van der Waals surface area contributed by atoms with Crippen LogP contribution in [0, 0.1) is 0 Å². The maximum atomic E-state index is 13.5. The van der Waals surface area contributed by atoms with Crippen LogP contribution in [-0.2, 0) is 27.9 Å². The molecule has 70 heavy (non-hydrogen) atoms. The van der Waals surface area contributed by atoms with Crippen LogP contribution in [-0.4, -0.2) is 74.3 Å². The highest BCUT2D eigenvalue weighted by molar-refractivity contribution is 7.47. The lowest BCUT2D eigenvalue weighted by molar-refractivity contribution is -0.870. The molecule has 0 saturated carbocycles. The molecule has 3 atom stereocenters. The Hall–Kier alpha value is -2.55. The number of hydrogen-bond acceptors (Lipinski definition) is 6. The van der Waals surface area contributed by atoms with Gasteiger partial charge in [0.15, 0.2) is 0 Å². The van der Waals surface area contributed by atoms with Crippen molar-refractivity contribution in [3.05, 3.63) is 72.9 Å². The van der Waals surface area contributed by atoms with Gasteiger partial charge in [0.1, 0.15) is 19.3 Å². The second-order valence-electron chi connectivity index (χ2n) is 20.4. The Labute approximate surface area is 432 Å². The molecule has 1 amide bonds. The molecule has 0 aliphatic rings. The molecule has 9 nitrogen and oxygen atoms in total. The number of nitrogens with one attached hydrogen (secondary N) is 1. The molecule has 2 N–H and O–H groups in total. The number of quaternary nitrogens is 1. The zero-order valence-corrected chi connectivity index (χ0v) is 47.1. The van der Waals surface area contributed by atoms with Crippen LogP contribution in [0.15, 0.2) is 72.9 Å². The van der Waals surface area contributed by atoms with Gasteiger partial charge in [0.2, 0.25) is 5.91 Å². The zero-order valence-electron chi connectivity index (χ0n) is 46.2. The standard InChI is InChI=1S/C60H109N2O7P/c1-7-10-13-16-19-22-25-27-29-31-33-35-38-41-44-47-50-53-60(64)69-58(51-48-45-42-39-36-24-21-18-15-12-9-3)57(56-68-70(65,66)67-55-54-62(4,5)6)61-59(63)52-49-46-43-40-37-34-32-30-28-26-23-20-17-14-11-8-2/h10,13,19,22,27,29,33,35,41,44,48,51,57-58H,7-9,11-12,14-18,20-21,23-26,28,30-32,34,36-40,42-43,45-47,49-50,52-56H2,1-6H3,(H-,61,63,65,66)/p+1/b13-10-,22-19-,29-27-,35-33-,44-41-,51-48+. The molecule has 0 aliphatic heterocycles. The van der Waals surface area contributed by atoms with Crippen LogP contribution in [0.2, 0.25) is 0 Å². The van der Waals surface area contributed by atoms with E-state index in [1.54, 1.807) is 0 Å². The Kier molecular flexibility index (Phi) is 48.2. The van der Waals surface area contributed by atoms with E-state index < -0.39 is 20.0 Å². The summed E-state index contributed by atoms with van der Waals surface area (Å²) in [6.07, 6.45) is 63.3. The molecule has 3 unspecified atom stereocenters. The summed E-state index contributed by atoms with van der Waals surface area (Å²) >= 11 is 0. The van der Waals surface area contributed by atoms with Crippen molar-refractivity contribution in [3.8, 4) is 0 Å². The summed E-state index contributed by atoms with van der Waals surface area (Å²) in [6, 6.07) is -0.870. The summed E-state index contributed by atoms with van der Waals surface area (Å²) in [6.45, 7) is 6.86. The summed E-state index contributed by atoms with van der Waals surface area (Å²) in [5, 5.41) is 3.03. The largest absolute Gasteiger partial charge is 0.472 e. The highest BCUT2D eigenvalue weighted by atomic mass is 31.2. The fourth-order valence-corrected chi connectivity index (χ4v) is 8.71. The third-order valence-corrected chi connectivity index (χ3v) is 13.4. The van der Waals surface area contributed by atoms with Crippen molar-refractivity contribution in [3.63, 3.8) is 0 Å². The highest BCUT2D eigenvalue weighted by Gasteiger charge is 2.30. The Morgan fingerprint density at radius 1 is 0.514 bits per heavy atom. The van der Waals surface area contributed by atoms with E-state index in [-0.39, 0.29) is 31.5 Å². The number of allylic oxidation sites excluding steroid dienone is 11. The van der Waals surface area contributed by atoms with E-state index >= 15 is 0 Å². The van der Waals surface area contributed by atoms with Crippen molar-refractivity contribution < 1.29 is 37.3 Å². The Balaban J connectivity index is 5.40. The molecule has 0 radical (unpaired) electrons. The molecule has 0 aromatic rings. The molecule has 0 spiro atoms. The number of unbranched alkanes of at least 4 members (excludes halogenated alkanes) is 25. The Morgan fingerprint density at radius 3 is 1.39 bits per heavy atom. The van der Waals surface area contributed by atoms with E-state index in [1.807, 2.05) is 33.3 Å². The maximum Gasteiger partial charge on any atom is 0.472 e. The minimum absolute atomic E-state index is 0.0303. The van der Waals surface area contributed by atoms with Crippen molar-refractivity contribution in [2.45, 2.75) is 258 Å². The molecule has 10 heteroatoms. The monoisotopic (exact) mass is 1000 g/mol. The number of ether oxygens (including phenoxy) is 1. The first-order valence-electron chi connectivity index (χ1n) is 28.8. The second kappa shape index (κ2) is 50.0. The van der Waals surface area contributed by atoms with Gasteiger partial charge in [0.25, 0.3) is 0 Å². The highest BCUT2D eigenvalue weighted by Crippen LogP contribution is 2.43. The minimum Gasteiger partial charge on any atom is -0.456 e. The molecule has 0 fully saturated rings. The predicted octanol–water partition coefficient (Wildman–Crippen LogP) is 17.3. The van der Waals surface area contributed by atoms with Gasteiger partial charge in [-0.2, -0.15) is 0 Å². The second-order valence-corrected chi connectivity index (χ2v) is 21.9. The topological polar surface area (TPSA) is 111 Å². The number of esters is 1. The number of amides is 1. The summed E-state index contributed by atoms with van der Waals surface area (Å²) in [7, 11) is 1.46. The van der Waals surface area contributed by atoms with Crippen molar-refractivity contribution in [2.75, 3.05) is 40.9 Å². The van der Waals surface area contributed by atoms with Crippen LogP contribution in [0.3, 0.4) is 0 Å². The molecule has 0 heterocycles.